The summed E-state index contributed by atoms with van der Waals surface area (Å²) in [7, 11) is 0. The highest BCUT2D eigenvalue weighted by molar-refractivity contribution is 7.19. The van der Waals surface area contributed by atoms with Crippen LogP contribution in [-0.2, 0) is 6.42 Å². The van der Waals surface area contributed by atoms with E-state index in [-0.39, 0.29) is 5.91 Å². The Bertz CT molecular complexity index is 730. The molecule has 0 spiro atoms. The third-order valence-corrected chi connectivity index (χ3v) is 4.45. The Hall–Kier alpha value is -2.14. The monoisotopic (exact) mass is 285 g/mol. The molecule has 0 unspecified atom stereocenters. The van der Waals surface area contributed by atoms with E-state index in [1.165, 1.54) is 16.9 Å². The van der Waals surface area contributed by atoms with Gasteiger partial charge in [-0.15, -0.1) is 11.3 Å². The minimum atomic E-state index is -0.00729. The molecule has 0 aliphatic carbocycles. The number of aryl methyl sites for hydroxylation is 1. The lowest BCUT2D eigenvalue weighted by atomic mass is 10.1. The van der Waals surface area contributed by atoms with Crippen LogP contribution in [0, 0.1) is 6.92 Å². The largest absolute Gasteiger partial charge is 0.351 e. The van der Waals surface area contributed by atoms with Crippen LogP contribution in [0.4, 0.5) is 0 Å². The number of hydrogen-bond acceptors (Lipinski definition) is 3. The van der Waals surface area contributed by atoms with E-state index in [0.717, 1.165) is 21.8 Å². The highest BCUT2D eigenvalue weighted by atomic mass is 32.1. The molecule has 1 N–H and O–H groups in total. The number of aromatic nitrogens is 2. The zero-order chi connectivity index (χ0) is 13.9. The molecular weight excluding hydrogens is 270 g/mol. The summed E-state index contributed by atoms with van der Waals surface area (Å²) in [6.07, 6.45) is 4.36. The molecule has 3 rings (SSSR count). The lowest BCUT2D eigenvalue weighted by Crippen LogP contribution is -2.25. The van der Waals surface area contributed by atoms with Crippen LogP contribution in [0.5, 0.6) is 0 Å². The first-order chi connectivity index (χ1) is 9.75. The molecule has 0 saturated carbocycles. The van der Waals surface area contributed by atoms with Crippen molar-refractivity contribution in [2.75, 3.05) is 6.54 Å². The summed E-state index contributed by atoms with van der Waals surface area (Å²) in [5, 5.41) is 2.98. The number of rotatable bonds is 4. The molecule has 0 aliphatic rings. The fourth-order valence-corrected chi connectivity index (χ4v) is 3.17. The van der Waals surface area contributed by atoms with Gasteiger partial charge in [-0.3, -0.25) is 9.20 Å². The minimum absolute atomic E-state index is 0.00729. The van der Waals surface area contributed by atoms with Gasteiger partial charge in [0, 0.05) is 12.2 Å². The van der Waals surface area contributed by atoms with Gasteiger partial charge in [0.05, 0.1) is 6.20 Å². The van der Waals surface area contributed by atoms with Crippen LogP contribution in [0.15, 0.2) is 42.9 Å². The number of benzene rings is 1. The topological polar surface area (TPSA) is 46.4 Å². The first-order valence-electron chi connectivity index (χ1n) is 6.49. The summed E-state index contributed by atoms with van der Waals surface area (Å²) in [5.74, 6) is -0.00729. The van der Waals surface area contributed by atoms with Gasteiger partial charge in [0.2, 0.25) is 0 Å². The van der Waals surface area contributed by atoms with E-state index in [0.29, 0.717) is 6.54 Å². The van der Waals surface area contributed by atoms with Gasteiger partial charge in [-0.2, -0.15) is 0 Å². The van der Waals surface area contributed by atoms with Crippen molar-refractivity contribution in [3.05, 3.63) is 59.0 Å². The van der Waals surface area contributed by atoms with E-state index >= 15 is 0 Å². The third-order valence-electron chi connectivity index (χ3n) is 3.25. The van der Waals surface area contributed by atoms with Gasteiger partial charge in [0.1, 0.15) is 16.0 Å². The Morgan fingerprint density at radius 1 is 1.35 bits per heavy atom. The summed E-state index contributed by atoms with van der Waals surface area (Å²) in [4.78, 5) is 18.0. The highest BCUT2D eigenvalue weighted by Gasteiger charge is 2.15. The van der Waals surface area contributed by atoms with E-state index in [1.807, 2.05) is 29.5 Å². The molecule has 102 valence electrons. The smallest absolute Gasteiger partial charge is 0.263 e. The van der Waals surface area contributed by atoms with Crippen LogP contribution < -0.4 is 5.32 Å². The van der Waals surface area contributed by atoms with Crippen LogP contribution >= 0.6 is 11.3 Å². The molecule has 2 aromatic heterocycles. The Balaban J connectivity index is 1.64. The van der Waals surface area contributed by atoms with Crippen LogP contribution in [0.2, 0.25) is 0 Å². The number of thiazole rings is 1. The molecule has 0 bridgehead atoms. The van der Waals surface area contributed by atoms with Gasteiger partial charge in [-0.1, -0.05) is 30.3 Å². The summed E-state index contributed by atoms with van der Waals surface area (Å²) in [6.45, 7) is 2.59. The summed E-state index contributed by atoms with van der Waals surface area (Å²) in [6, 6.07) is 10.2. The summed E-state index contributed by atoms with van der Waals surface area (Å²) >= 11 is 1.47. The van der Waals surface area contributed by atoms with Crippen LogP contribution in [0.25, 0.3) is 4.83 Å². The first-order valence-corrected chi connectivity index (χ1v) is 7.31. The van der Waals surface area contributed by atoms with Crippen LogP contribution in [0.1, 0.15) is 20.9 Å². The predicted molar refractivity (Wildman–Crippen MR) is 80.3 cm³/mol. The average molecular weight is 285 g/mol. The minimum Gasteiger partial charge on any atom is -0.351 e. The molecule has 3 aromatic rings. The van der Waals surface area contributed by atoms with Crippen molar-refractivity contribution in [1.82, 2.24) is 14.7 Å². The van der Waals surface area contributed by atoms with E-state index < -0.39 is 0 Å². The second kappa shape index (κ2) is 5.46. The average Bonchev–Trinajstić information content (AvgIpc) is 3.03. The quantitative estimate of drug-likeness (QED) is 0.801. The normalized spacial score (nSPS) is 10.8. The van der Waals surface area contributed by atoms with Gasteiger partial charge in [-0.05, 0) is 18.9 Å². The van der Waals surface area contributed by atoms with E-state index in [4.69, 9.17) is 0 Å². The molecule has 2 heterocycles. The molecule has 0 fully saturated rings. The van der Waals surface area contributed by atoms with E-state index in [1.54, 1.807) is 12.5 Å². The van der Waals surface area contributed by atoms with Gasteiger partial charge < -0.3 is 5.32 Å². The Morgan fingerprint density at radius 3 is 2.90 bits per heavy atom. The number of carbonyl (C=O) groups excluding carboxylic acids is 1. The van der Waals surface area contributed by atoms with Crippen LogP contribution in [0.3, 0.4) is 0 Å². The second-order valence-corrected chi connectivity index (χ2v) is 5.64. The maximum Gasteiger partial charge on any atom is 0.263 e. The van der Waals surface area contributed by atoms with Crippen molar-refractivity contribution in [2.24, 2.45) is 0 Å². The fourth-order valence-electron chi connectivity index (χ4n) is 2.15. The van der Waals surface area contributed by atoms with Crippen LogP contribution in [-0.4, -0.2) is 21.8 Å². The van der Waals surface area contributed by atoms with Gasteiger partial charge in [0.15, 0.2) is 0 Å². The molecule has 0 saturated heterocycles. The number of nitrogens with zero attached hydrogens (tertiary/aromatic N) is 2. The molecular formula is C15H15N3OS. The van der Waals surface area contributed by atoms with Crippen molar-refractivity contribution in [1.29, 1.82) is 0 Å². The maximum atomic E-state index is 12.2. The second-order valence-electron chi connectivity index (χ2n) is 4.61. The van der Waals surface area contributed by atoms with Gasteiger partial charge in [-0.25, -0.2) is 4.98 Å². The number of fused-ring (bicyclic) bond motifs is 1. The fraction of sp³-hybridized carbons (Fsp3) is 0.200. The maximum absolute atomic E-state index is 12.2. The van der Waals surface area contributed by atoms with E-state index in [2.05, 4.69) is 22.4 Å². The van der Waals surface area contributed by atoms with Crippen molar-refractivity contribution < 1.29 is 4.79 Å². The Labute approximate surface area is 121 Å². The Kier molecular flexibility index (Phi) is 3.52. The molecule has 5 heteroatoms. The Morgan fingerprint density at radius 2 is 2.15 bits per heavy atom. The van der Waals surface area contributed by atoms with Crippen molar-refractivity contribution in [3.8, 4) is 0 Å². The standard InChI is InChI=1S/C15H15N3OS/c1-11-14(20-13-9-16-10-18(11)13)15(19)17-8-7-12-5-3-2-4-6-12/h2-6,9-10H,7-8H2,1H3,(H,17,19). The van der Waals surface area contributed by atoms with Gasteiger partial charge >= 0.3 is 0 Å². The third kappa shape index (κ3) is 2.44. The highest BCUT2D eigenvalue weighted by Crippen LogP contribution is 2.22. The molecule has 0 aliphatic heterocycles. The molecule has 20 heavy (non-hydrogen) atoms. The predicted octanol–water partition coefficient (Wildman–Crippen LogP) is 2.68. The summed E-state index contributed by atoms with van der Waals surface area (Å²) in [5.41, 5.74) is 2.17. The van der Waals surface area contributed by atoms with Crippen molar-refractivity contribution in [2.45, 2.75) is 13.3 Å². The van der Waals surface area contributed by atoms with Crippen molar-refractivity contribution in [3.63, 3.8) is 0 Å². The lowest BCUT2D eigenvalue weighted by Gasteiger charge is -2.04. The number of imidazole rings is 1. The van der Waals surface area contributed by atoms with Crippen molar-refractivity contribution >= 4 is 22.1 Å². The number of amides is 1. The number of nitrogens with one attached hydrogen (secondary N) is 1. The van der Waals surface area contributed by atoms with Gasteiger partial charge in [0.25, 0.3) is 5.91 Å². The molecule has 1 amide bonds. The molecule has 0 atom stereocenters. The molecule has 1 aromatic carbocycles. The van der Waals surface area contributed by atoms with E-state index in [9.17, 15) is 4.79 Å². The molecule has 0 radical (unpaired) electrons. The number of hydrogen-bond donors (Lipinski definition) is 1. The zero-order valence-electron chi connectivity index (χ0n) is 11.2. The first kappa shape index (κ1) is 12.9. The SMILES string of the molecule is Cc1c(C(=O)NCCc2ccccc2)sc2cncn12. The summed E-state index contributed by atoms with van der Waals surface area (Å²) < 4.78 is 1.94. The molecule has 4 nitrogen and oxygen atoms in total. The lowest BCUT2D eigenvalue weighted by molar-refractivity contribution is 0.0957. The zero-order valence-corrected chi connectivity index (χ0v) is 12.0. The number of carbonyl (C=O) groups is 1.